The molecule has 0 heterocycles. The lowest BCUT2D eigenvalue weighted by Gasteiger charge is -2.18. The molecule has 6 heteroatoms. The minimum Gasteiger partial charge on any atom is -0.515 e. The van der Waals surface area contributed by atoms with E-state index in [0.29, 0.717) is 12.1 Å². The first-order valence-corrected chi connectivity index (χ1v) is 12.3. The Morgan fingerprint density at radius 3 is 1.88 bits per heavy atom. The molecule has 0 aliphatic carbocycles. The molecule has 0 aliphatic rings. The van der Waals surface area contributed by atoms with Crippen molar-refractivity contribution in [1.82, 2.24) is 0 Å². The fourth-order valence-corrected chi connectivity index (χ4v) is 1.83. The summed E-state index contributed by atoms with van der Waals surface area (Å²) in [5.74, 6) is -0.333. The summed E-state index contributed by atoms with van der Waals surface area (Å²) in [6.07, 6.45) is 0.536. The quantitative estimate of drug-likeness (QED) is 0.434. The number of hydrogen-bond acceptors (Lipinski definition) is 4. The summed E-state index contributed by atoms with van der Waals surface area (Å²) in [6, 6.07) is 0. The Balaban J connectivity index is 4.56. The zero-order valence-electron chi connectivity index (χ0n) is 11.4. The topological polar surface area (TPSA) is 47.9 Å². The van der Waals surface area contributed by atoms with Gasteiger partial charge in [-0.05, 0) is 45.7 Å². The highest BCUT2D eigenvalue weighted by atomic mass is 28.4. The van der Waals surface area contributed by atoms with E-state index in [1.165, 1.54) is 0 Å². The molecule has 0 spiro atoms. The second-order valence-electron chi connectivity index (χ2n) is 5.60. The summed E-state index contributed by atoms with van der Waals surface area (Å²) in [5.41, 5.74) is 0.379. The summed E-state index contributed by atoms with van der Waals surface area (Å²) in [7, 11) is -3.57. The van der Waals surface area contributed by atoms with Crippen LogP contribution in [0.1, 0.15) is 13.3 Å². The van der Waals surface area contributed by atoms with Gasteiger partial charge in [0.1, 0.15) is 0 Å². The van der Waals surface area contributed by atoms with E-state index in [4.69, 9.17) is 8.95 Å². The van der Waals surface area contributed by atoms with Crippen molar-refractivity contribution in [1.29, 1.82) is 0 Å². The van der Waals surface area contributed by atoms with Crippen LogP contribution in [0, 0.1) is 0 Å². The first-order chi connectivity index (χ1) is 7.05. The number of rotatable bonds is 5. The highest BCUT2D eigenvalue weighted by Gasteiger charge is 2.24. The van der Waals surface area contributed by atoms with Crippen molar-refractivity contribution in [3.8, 4) is 0 Å². The molecular formula is C10H23NO3Si2. The molecule has 0 rings (SSSR count). The molecule has 0 bridgehead atoms. The van der Waals surface area contributed by atoms with Gasteiger partial charge in [0.15, 0.2) is 5.71 Å². The van der Waals surface area contributed by atoms with Crippen LogP contribution in [0.25, 0.3) is 0 Å². The van der Waals surface area contributed by atoms with E-state index in [0.717, 1.165) is 0 Å². The molecule has 0 radical (unpaired) electrons. The van der Waals surface area contributed by atoms with Crippen molar-refractivity contribution in [2.75, 3.05) is 0 Å². The van der Waals surface area contributed by atoms with Crippen LogP contribution in [0.15, 0.2) is 5.16 Å². The number of oxime groups is 1. The number of carbonyl (C=O) groups excluding carboxylic acids is 1. The SMILES string of the molecule is CC/C(=N/O[Si](C)(C)C)C(=O)O[Si](C)(C)C. The molecule has 94 valence electrons. The van der Waals surface area contributed by atoms with Crippen molar-refractivity contribution in [2.24, 2.45) is 5.16 Å². The molecule has 0 aromatic heterocycles. The number of carbonyl (C=O) groups is 1. The smallest absolute Gasteiger partial charge is 0.342 e. The van der Waals surface area contributed by atoms with Gasteiger partial charge >= 0.3 is 5.97 Å². The Hall–Kier alpha value is -0.626. The molecule has 0 unspecified atom stereocenters. The highest BCUT2D eigenvalue weighted by Crippen LogP contribution is 2.07. The zero-order chi connectivity index (χ0) is 13.0. The Morgan fingerprint density at radius 1 is 1.06 bits per heavy atom. The Labute approximate surface area is 100 Å². The average molecular weight is 261 g/mol. The zero-order valence-corrected chi connectivity index (χ0v) is 13.4. The first kappa shape index (κ1) is 15.4. The maximum atomic E-state index is 11.7. The van der Waals surface area contributed by atoms with Gasteiger partial charge in [-0.15, -0.1) is 0 Å². The molecule has 0 amide bonds. The van der Waals surface area contributed by atoms with E-state index < -0.39 is 16.6 Å². The van der Waals surface area contributed by atoms with E-state index in [-0.39, 0.29) is 5.97 Å². The van der Waals surface area contributed by atoms with Crippen LogP contribution in [0.5, 0.6) is 0 Å². The fourth-order valence-electron chi connectivity index (χ4n) is 0.775. The molecule has 0 fully saturated rings. The van der Waals surface area contributed by atoms with Crippen LogP contribution in [0.2, 0.25) is 39.3 Å². The minimum atomic E-state index is -1.85. The maximum Gasteiger partial charge on any atom is 0.342 e. The van der Waals surface area contributed by atoms with Crippen molar-refractivity contribution < 1.29 is 13.7 Å². The molecular weight excluding hydrogens is 238 g/mol. The van der Waals surface area contributed by atoms with E-state index in [2.05, 4.69) is 5.16 Å². The third-order valence-corrected chi connectivity index (χ3v) is 2.84. The van der Waals surface area contributed by atoms with Gasteiger partial charge in [0, 0.05) is 0 Å². The summed E-state index contributed by atoms with van der Waals surface area (Å²) in [4.78, 5) is 11.7. The number of nitrogens with zero attached hydrogens (tertiary/aromatic N) is 1. The molecule has 0 aromatic rings. The monoisotopic (exact) mass is 261 g/mol. The molecule has 0 aliphatic heterocycles. The Morgan fingerprint density at radius 2 is 1.56 bits per heavy atom. The third kappa shape index (κ3) is 7.64. The van der Waals surface area contributed by atoms with Crippen molar-refractivity contribution in [3.05, 3.63) is 0 Å². The summed E-state index contributed by atoms with van der Waals surface area (Å²) < 4.78 is 10.7. The van der Waals surface area contributed by atoms with Crippen LogP contribution >= 0.6 is 0 Å². The molecule has 16 heavy (non-hydrogen) atoms. The van der Waals surface area contributed by atoms with Crippen LogP contribution in [-0.2, 0) is 13.7 Å². The van der Waals surface area contributed by atoms with Gasteiger partial charge in [0.05, 0.1) is 0 Å². The first-order valence-electron chi connectivity index (χ1n) is 5.53. The second-order valence-corrected chi connectivity index (χ2v) is 14.4. The van der Waals surface area contributed by atoms with Crippen LogP contribution in [0.3, 0.4) is 0 Å². The van der Waals surface area contributed by atoms with Crippen molar-refractivity contribution in [3.63, 3.8) is 0 Å². The lowest BCUT2D eigenvalue weighted by Crippen LogP contribution is -2.33. The van der Waals surface area contributed by atoms with Crippen LogP contribution in [0.4, 0.5) is 0 Å². The molecule has 0 saturated carbocycles. The fraction of sp³-hybridized carbons (Fsp3) is 0.800. The van der Waals surface area contributed by atoms with Gasteiger partial charge in [0.25, 0.3) is 8.32 Å². The van der Waals surface area contributed by atoms with E-state index in [1.54, 1.807) is 0 Å². The van der Waals surface area contributed by atoms with Gasteiger partial charge in [-0.2, -0.15) is 0 Å². The Bertz CT molecular complexity index is 277. The van der Waals surface area contributed by atoms with Crippen LogP contribution < -0.4 is 0 Å². The molecule has 0 atom stereocenters. The van der Waals surface area contributed by atoms with Gasteiger partial charge < -0.3 is 8.95 Å². The van der Waals surface area contributed by atoms with E-state index in [1.807, 2.05) is 46.2 Å². The van der Waals surface area contributed by atoms with Gasteiger partial charge in [-0.3, -0.25) is 0 Å². The predicted molar refractivity (Wildman–Crippen MR) is 71.6 cm³/mol. The average Bonchev–Trinajstić information content (AvgIpc) is 1.99. The third-order valence-electron chi connectivity index (χ3n) is 1.40. The van der Waals surface area contributed by atoms with Crippen LogP contribution in [-0.4, -0.2) is 28.3 Å². The van der Waals surface area contributed by atoms with Gasteiger partial charge in [0.2, 0.25) is 8.32 Å². The van der Waals surface area contributed by atoms with Gasteiger partial charge in [-0.1, -0.05) is 12.1 Å². The standard InChI is InChI=1S/C10H23NO3Si2/c1-8-9(11-14-16(5,6)7)10(12)13-15(2,3)4/h8H2,1-7H3/b11-9-. The normalized spacial score (nSPS) is 13.6. The van der Waals surface area contributed by atoms with E-state index in [9.17, 15) is 4.79 Å². The second kappa shape index (κ2) is 5.63. The molecule has 0 saturated heterocycles. The minimum absolute atomic E-state index is 0.333. The lowest BCUT2D eigenvalue weighted by molar-refractivity contribution is -0.127. The molecule has 4 nitrogen and oxygen atoms in total. The summed E-state index contributed by atoms with van der Waals surface area (Å²) in [5, 5.41) is 3.92. The Kier molecular flexibility index (Phi) is 5.41. The summed E-state index contributed by atoms with van der Waals surface area (Å²) >= 11 is 0. The molecule has 0 aromatic carbocycles. The lowest BCUT2D eigenvalue weighted by atomic mass is 10.3. The predicted octanol–water partition coefficient (Wildman–Crippen LogP) is 2.98. The summed E-state index contributed by atoms with van der Waals surface area (Å²) in [6.45, 7) is 13.8. The van der Waals surface area contributed by atoms with E-state index >= 15 is 0 Å². The largest absolute Gasteiger partial charge is 0.515 e. The van der Waals surface area contributed by atoms with Gasteiger partial charge in [-0.25, -0.2) is 4.79 Å². The van der Waals surface area contributed by atoms with Crippen molar-refractivity contribution in [2.45, 2.75) is 52.6 Å². The molecule has 0 N–H and O–H groups in total. The van der Waals surface area contributed by atoms with Crippen molar-refractivity contribution >= 4 is 28.3 Å². The number of hydrogen-bond donors (Lipinski definition) is 0. The maximum absolute atomic E-state index is 11.7. The highest BCUT2D eigenvalue weighted by molar-refractivity contribution is 6.72.